The Morgan fingerprint density at radius 3 is 2.55 bits per heavy atom. The van der Waals surface area contributed by atoms with E-state index in [9.17, 15) is 22.8 Å². The Bertz CT molecular complexity index is 1360. The molecular weight excluding hydrogens is 435 g/mol. The first-order chi connectivity index (χ1) is 15.7. The molecule has 10 heteroatoms. The van der Waals surface area contributed by atoms with Crippen molar-refractivity contribution in [2.24, 2.45) is 0 Å². The van der Waals surface area contributed by atoms with Crippen LogP contribution in [-0.4, -0.2) is 31.8 Å². The zero-order chi connectivity index (χ0) is 23.6. The van der Waals surface area contributed by atoms with Gasteiger partial charge in [0.1, 0.15) is 11.7 Å². The lowest BCUT2D eigenvalue weighted by atomic mass is 10.1. The lowest BCUT2D eigenvalue weighted by Gasteiger charge is -2.12. The third kappa shape index (κ3) is 4.79. The van der Waals surface area contributed by atoms with E-state index in [1.807, 2.05) is 31.2 Å². The molecule has 0 radical (unpaired) electrons. The van der Waals surface area contributed by atoms with Crippen molar-refractivity contribution in [3.05, 3.63) is 93.7 Å². The number of hydrogen-bond acceptors (Lipinski definition) is 4. The number of aromatic nitrogens is 4. The smallest absolute Gasteiger partial charge is 0.350 e. The van der Waals surface area contributed by atoms with E-state index in [1.54, 1.807) is 0 Å². The molecule has 33 heavy (non-hydrogen) atoms. The number of nitrogens with one attached hydrogen (secondary N) is 1. The number of amides is 1. The van der Waals surface area contributed by atoms with Crippen LogP contribution in [0.5, 0.6) is 0 Å². The number of aryl methyl sites for hydroxylation is 1. The molecule has 2 heterocycles. The van der Waals surface area contributed by atoms with Gasteiger partial charge in [0.2, 0.25) is 0 Å². The van der Waals surface area contributed by atoms with Gasteiger partial charge in [0.05, 0.1) is 30.4 Å². The van der Waals surface area contributed by atoms with Gasteiger partial charge >= 0.3 is 6.18 Å². The minimum Gasteiger partial charge on any atom is -0.350 e. The first kappa shape index (κ1) is 22.3. The molecule has 2 aromatic carbocycles. The van der Waals surface area contributed by atoms with Crippen LogP contribution < -0.4 is 10.9 Å². The van der Waals surface area contributed by atoms with Crippen molar-refractivity contribution < 1.29 is 18.0 Å². The van der Waals surface area contributed by atoms with Crippen LogP contribution in [0.1, 0.15) is 27.0 Å². The van der Waals surface area contributed by atoms with Crippen LogP contribution in [0, 0.1) is 6.92 Å². The summed E-state index contributed by atoms with van der Waals surface area (Å²) in [5.41, 5.74) is 0.711. The van der Waals surface area contributed by atoms with E-state index in [0.717, 1.165) is 23.3 Å². The maximum atomic E-state index is 13.1. The topological polar surface area (TPSA) is 81.8 Å². The van der Waals surface area contributed by atoms with Crippen molar-refractivity contribution in [3.63, 3.8) is 0 Å². The second kappa shape index (κ2) is 8.89. The van der Waals surface area contributed by atoms with Crippen LogP contribution in [0.15, 0.2) is 65.8 Å². The number of hydrogen-bond donors (Lipinski definition) is 1. The van der Waals surface area contributed by atoms with Gasteiger partial charge in [-0.1, -0.05) is 42.0 Å². The van der Waals surface area contributed by atoms with Gasteiger partial charge in [0, 0.05) is 6.54 Å². The minimum absolute atomic E-state index is 0.00986. The molecule has 4 rings (SSSR count). The number of halogens is 3. The first-order valence-electron chi connectivity index (χ1n) is 10.1. The van der Waals surface area contributed by atoms with E-state index in [2.05, 4.69) is 15.4 Å². The molecule has 1 amide bonds. The van der Waals surface area contributed by atoms with E-state index in [4.69, 9.17) is 0 Å². The predicted molar refractivity (Wildman–Crippen MR) is 116 cm³/mol. The van der Waals surface area contributed by atoms with E-state index in [1.165, 1.54) is 33.9 Å². The number of fused-ring (bicyclic) bond motifs is 1. The van der Waals surface area contributed by atoms with Gasteiger partial charge in [-0.2, -0.15) is 18.3 Å². The second-order valence-corrected chi connectivity index (χ2v) is 7.57. The van der Waals surface area contributed by atoms with E-state index in [-0.39, 0.29) is 18.6 Å². The molecule has 2 aromatic heterocycles. The van der Waals surface area contributed by atoms with Crippen LogP contribution in [-0.2, 0) is 19.3 Å². The lowest BCUT2D eigenvalue weighted by molar-refractivity contribution is -0.137. The van der Waals surface area contributed by atoms with Crippen molar-refractivity contribution >= 4 is 16.9 Å². The average molecular weight is 455 g/mol. The summed E-state index contributed by atoms with van der Waals surface area (Å²) in [5, 5.41) is 6.94. The van der Waals surface area contributed by atoms with Gasteiger partial charge in [-0.3, -0.25) is 14.2 Å². The van der Waals surface area contributed by atoms with Crippen LogP contribution in [0.25, 0.3) is 11.0 Å². The highest BCUT2D eigenvalue weighted by atomic mass is 19.4. The number of carbonyl (C=O) groups excluding carboxylic acids is 1. The van der Waals surface area contributed by atoms with E-state index >= 15 is 0 Å². The standard InChI is InChI=1S/C23H20F3N5O2/c1-15-6-8-16(9-7-15)13-30-14-28-20-18(22(30)33)12-29-31(20)11-10-27-21(32)17-4-2-3-5-19(17)23(24,25)26/h2-9,12,14H,10-11,13H2,1H3,(H,27,32). The SMILES string of the molecule is Cc1ccc(Cn2cnc3c(cnn3CCNC(=O)c3ccccc3C(F)(F)F)c2=O)cc1. The molecule has 170 valence electrons. The summed E-state index contributed by atoms with van der Waals surface area (Å²) in [4.78, 5) is 29.4. The third-order valence-corrected chi connectivity index (χ3v) is 5.18. The summed E-state index contributed by atoms with van der Waals surface area (Å²) in [5.74, 6) is -0.840. The molecule has 0 aliphatic rings. The molecule has 0 bridgehead atoms. The fraction of sp³-hybridized carbons (Fsp3) is 0.217. The summed E-state index contributed by atoms with van der Waals surface area (Å²) >= 11 is 0. The van der Waals surface area contributed by atoms with Crippen molar-refractivity contribution in [2.45, 2.75) is 26.2 Å². The molecule has 0 saturated carbocycles. The van der Waals surface area contributed by atoms with Crippen molar-refractivity contribution in [2.75, 3.05) is 6.54 Å². The fourth-order valence-corrected chi connectivity index (χ4v) is 3.46. The van der Waals surface area contributed by atoms with Crippen molar-refractivity contribution in [1.29, 1.82) is 0 Å². The van der Waals surface area contributed by atoms with Crippen LogP contribution in [0.2, 0.25) is 0 Å². The Morgan fingerprint density at radius 1 is 1.09 bits per heavy atom. The highest BCUT2D eigenvalue weighted by Crippen LogP contribution is 2.31. The molecular formula is C23H20F3N5O2. The second-order valence-electron chi connectivity index (χ2n) is 7.57. The molecule has 1 N–H and O–H groups in total. The summed E-state index contributed by atoms with van der Waals surface area (Å²) in [6.45, 7) is 2.49. The summed E-state index contributed by atoms with van der Waals surface area (Å²) < 4.78 is 42.3. The fourth-order valence-electron chi connectivity index (χ4n) is 3.46. The summed E-state index contributed by atoms with van der Waals surface area (Å²) in [7, 11) is 0. The lowest BCUT2D eigenvalue weighted by Crippen LogP contribution is -2.29. The molecule has 0 spiro atoms. The van der Waals surface area contributed by atoms with Gasteiger partial charge in [0.15, 0.2) is 5.65 Å². The molecule has 0 aliphatic carbocycles. The zero-order valence-electron chi connectivity index (χ0n) is 17.6. The summed E-state index contributed by atoms with van der Waals surface area (Å²) in [6.07, 6.45) is -1.80. The van der Waals surface area contributed by atoms with Gasteiger partial charge < -0.3 is 5.32 Å². The number of nitrogens with zero attached hydrogens (tertiary/aromatic N) is 4. The summed E-state index contributed by atoms with van der Waals surface area (Å²) in [6, 6.07) is 12.4. The molecule has 0 saturated heterocycles. The van der Waals surface area contributed by atoms with Crippen LogP contribution in [0.3, 0.4) is 0 Å². The third-order valence-electron chi connectivity index (χ3n) is 5.18. The first-order valence-corrected chi connectivity index (χ1v) is 10.1. The number of benzene rings is 2. The highest BCUT2D eigenvalue weighted by molar-refractivity contribution is 5.95. The quantitative estimate of drug-likeness (QED) is 0.483. The van der Waals surface area contributed by atoms with E-state index < -0.39 is 23.2 Å². The zero-order valence-corrected chi connectivity index (χ0v) is 17.6. The van der Waals surface area contributed by atoms with E-state index in [0.29, 0.717) is 17.6 Å². The molecule has 4 aromatic rings. The molecule has 0 unspecified atom stereocenters. The molecule has 0 fully saturated rings. The highest BCUT2D eigenvalue weighted by Gasteiger charge is 2.34. The van der Waals surface area contributed by atoms with Crippen molar-refractivity contribution in [3.8, 4) is 0 Å². The average Bonchev–Trinajstić information content (AvgIpc) is 3.20. The van der Waals surface area contributed by atoms with Crippen LogP contribution in [0.4, 0.5) is 13.2 Å². The van der Waals surface area contributed by atoms with Gasteiger partial charge in [0.25, 0.3) is 11.5 Å². The van der Waals surface area contributed by atoms with Gasteiger partial charge in [-0.05, 0) is 24.6 Å². The Balaban J connectivity index is 1.46. The number of alkyl halides is 3. The Labute approximate surface area is 186 Å². The number of carbonyl (C=O) groups is 1. The Hall–Kier alpha value is -3.95. The monoisotopic (exact) mass is 455 g/mol. The Kier molecular flexibility index (Phi) is 5.99. The van der Waals surface area contributed by atoms with Crippen molar-refractivity contribution in [1.82, 2.24) is 24.6 Å². The van der Waals surface area contributed by atoms with Crippen LogP contribution >= 0.6 is 0 Å². The Morgan fingerprint density at radius 2 is 1.82 bits per heavy atom. The minimum atomic E-state index is -4.63. The molecule has 7 nitrogen and oxygen atoms in total. The van der Waals surface area contributed by atoms with Gasteiger partial charge in [-0.15, -0.1) is 0 Å². The largest absolute Gasteiger partial charge is 0.417 e. The molecule has 0 aliphatic heterocycles. The van der Waals surface area contributed by atoms with Gasteiger partial charge in [-0.25, -0.2) is 9.67 Å². The number of rotatable bonds is 6. The molecule has 0 atom stereocenters. The predicted octanol–water partition coefficient (Wildman–Crippen LogP) is 3.40. The maximum absolute atomic E-state index is 13.1. The normalized spacial score (nSPS) is 11.6. The maximum Gasteiger partial charge on any atom is 0.417 e.